The summed E-state index contributed by atoms with van der Waals surface area (Å²) < 4.78 is 5.07. The van der Waals surface area contributed by atoms with Crippen LogP contribution in [0.3, 0.4) is 0 Å². The van der Waals surface area contributed by atoms with Gasteiger partial charge in [0.1, 0.15) is 5.75 Å². The van der Waals surface area contributed by atoms with Crippen molar-refractivity contribution in [3.8, 4) is 5.75 Å². The fourth-order valence-corrected chi connectivity index (χ4v) is 2.74. The molecule has 19 heavy (non-hydrogen) atoms. The summed E-state index contributed by atoms with van der Waals surface area (Å²) in [5.41, 5.74) is 0.870. The summed E-state index contributed by atoms with van der Waals surface area (Å²) in [4.78, 5) is 25.6. The lowest BCUT2D eigenvalue weighted by Gasteiger charge is -2.16. The topological polar surface area (TPSA) is 46.6 Å². The van der Waals surface area contributed by atoms with Gasteiger partial charge in [0.2, 0.25) is 0 Å². The van der Waals surface area contributed by atoms with Crippen LogP contribution < -0.4 is 4.74 Å². The summed E-state index contributed by atoms with van der Waals surface area (Å²) in [6.45, 7) is 3.65. The first-order valence-corrected chi connectivity index (χ1v) is 6.75. The number of carbonyl (C=O) groups excluding carboxylic acids is 2. The van der Waals surface area contributed by atoms with Crippen LogP contribution in [0.1, 0.15) is 19.4 Å². The molecule has 1 aromatic rings. The molecule has 1 aromatic carbocycles. The molecule has 4 nitrogen and oxygen atoms in total. The maximum Gasteiger partial charge on any atom is 0.293 e. The Morgan fingerprint density at radius 2 is 1.84 bits per heavy atom. The Balaban J connectivity index is 2.24. The van der Waals surface area contributed by atoms with E-state index in [1.807, 2.05) is 38.1 Å². The fourth-order valence-electron chi connectivity index (χ4n) is 1.78. The average molecular weight is 277 g/mol. The van der Waals surface area contributed by atoms with Gasteiger partial charge in [-0.05, 0) is 49.4 Å². The van der Waals surface area contributed by atoms with Gasteiger partial charge < -0.3 is 4.74 Å². The van der Waals surface area contributed by atoms with Crippen molar-refractivity contribution in [3.05, 3.63) is 34.7 Å². The molecule has 1 aliphatic rings. The number of carbonyl (C=O) groups is 2. The molecule has 1 heterocycles. The van der Waals surface area contributed by atoms with Gasteiger partial charge in [0, 0.05) is 6.04 Å². The molecule has 0 spiro atoms. The van der Waals surface area contributed by atoms with Crippen molar-refractivity contribution in [1.29, 1.82) is 0 Å². The highest BCUT2D eigenvalue weighted by Crippen LogP contribution is 2.33. The number of imide groups is 1. The molecule has 0 bridgehead atoms. The quantitative estimate of drug-likeness (QED) is 0.796. The van der Waals surface area contributed by atoms with Gasteiger partial charge in [-0.25, -0.2) is 0 Å². The van der Waals surface area contributed by atoms with Crippen molar-refractivity contribution in [2.45, 2.75) is 19.9 Å². The number of benzene rings is 1. The summed E-state index contributed by atoms with van der Waals surface area (Å²) in [6.07, 6.45) is 1.73. The average Bonchev–Trinajstić information content (AvgIpc) is 2.65. The van der Waals surface area contributed by atoms with Gasteiger partial charge >= 0.3 is 0 Å². The SMILES string of the molecule is COc1ccc(/C=C2\SC(=O)N(C(C)C)C2=O)cc1. The Hall–Kier alpha value is -1.75. The van der Waals surface area contributed by atoms with Crippen LogP contribution >= 0.6 is 11.8 Å². The van der Waals surface area contributed by atoms with Crippen molar-refractivity contribution >= 4 is 29.0 Å². The summed E-state index contributed by atoms with van der Waals surface area (Å²) >= 11 is 0.982. The zero-order chi connectivity index (χ0) is 14.0. The van der Waals surface area contributed by atoms with E-state index < -0.39 is 0 Å². The highest BCUT2D eigenvalue weighted by molar-refractivity contribution is 8.18. The van der Waals surface area contributed by atoms with Crippen molar-refractivity contribution in [2.75, 3.05) is 7.11 Å². The summed E-state index contributed by atoms with van der Waals surface area (Å²) in [7, 11) is 1.60. The van der Waals surface area contributed by atoms with Gasteiger partial charge in [-0.2, -0.15) is 0 Å². The van der Waals surface area contributed by atoms with E-state index in [9.17, 15) is 9.59 Å². The Morgan fingerprint density at radius 1 is 1.21 bits per heavy atom. The molecule has 0 atom stereocenters. The minimum Gasteiger partial charge on any atom is -0.497 e. The summed E-state index contributed by atoms with van der Waals surface area (Å²) in [5.74, 6) is 0.535. The summed E-state index contributed by atoms with van der Waals surface area (Å²) in [6, 6.07) is 7.22. The molecule has 0 radical (unpaired) electrons. The van der Waals surface area contributed by atoms with E-state index in [0.717, 1.165) is 23.1 Å². The van der Waals surface area contributed by atoms with Crippen molar-refractivity contribution in [2.24, 2.45) is 0 Å². The van der Waals surface area contributed by atoms with E-state index in [-0.39, 0.29) is 17.2 Å². The zero-order valence-electron chi connectivity index (χ0n) is 11.0. The van der Waals surface area contributed by atoms with Gasteiger partial charge in [0.25, 0.3) is 11.1 Å². The molecule has 0 aromatic heterocycles. The highest BCUT2D eigenvalue weighted by atomic mass is 32.2. The molecule has 1 saturated heterocycles. The Morgan fingerprint density at radius 3 is 2.32 bits per heavy atom. The maximum absolute atomic E-state index is 12.1. The fraction of sp³-hybridized carbons (Fsp3) is 0.286. The Bertz CT molecular complexity index is 534. The second kappa shape index (κ2) is 5.48. The Labute approximate surface area is 116 Å². The maximum atomic E-state index is 12.1. The molecule has 2 amide bonds. The summed E-state index contributed by atoms with van der Waals surface area (Å²) in [5, 5.41) is -0.209. The van der Waals surface area contributed by atoms with E-state index in [0.29, 0.717) is 4.91 Å². The van der Waals surface area contributed by atoms with Crippen molar-refractivity contribution < 1.29 is 14.3 Å². The molecule has 0 saturated carbocycles. The highest BCUT2D eigenvalue weighted by Gasteiger charge is 2.36. The van der Waals surface area contributed by atoms with Crippen LogP contribution in [0.25, 0.3) is 6.08 Å². The smallest absolute Gasteiger partial charge is 0.293 e. The van der Waals surface area contributed by atoms with Crippen LogP contribution in [0.5, 0.6) is 5.75 Å². The minimum atomic E-state index is -0.221. The largest absolute Gasteiger partial charge is 0.497 e. The van der Waals surface area contributed by atoms with E-state index in [1.54, 1.807) is 13.2 Å². The Kier molecular flexibility index (Phi) is 3.95. The van der Waals surface area contributed by atoms with Gasteiger partial charge in [0.05, 0.1) is 12.0 Å². The minimum absolute atomic E-state index is 0.116. The number of ether oxygens (including phenoxy) is 1. The standard InChI is InChI=1S/C14H15NO3S/c1-9(2)15-13(16)12(19-14(15)17)8-10-4-6-11(18-3)7-5-10/h4-9H,1-3H3/b12-8-. The van der Waals surface area contributed by atoms with Gasteiger partial charge in [0.15, 0.2) is 0 Å². The van der Waals surface area contributed by atoms with E-state index in [1.165, 1.54) is 4.90 Å². The van der Waals surface area contributed by atoms with Crippen LogP contribution in [0.15, 0.2) is 29.2 Å². The van der Waals surface area contributed by atoms with Gasteiger partial charge in [-0.15, -0.1) is 0 Å². The predicted octanol–water partition coefficient (Wildman–Crippen LogP) is 3.14. The van der Waals surface area contributed by atoms with Crippen molar-refractivity contribution in [1.82, 2.24) is 4.90 Å². The number of nitrogens with zero attached hydrogens (tertiary/aromatic N) is 1. The van der Waals surface area contributed by atoms with Gasteiger partial charge in [-0.3, -0.25) is 14.5 Å². The molecular weight excluding hydrogens is 262 g/mol. The molecule has 2 rings (SSSR count). The van der Waals surface area contributed by atoms with E-state index in [2.05, 4.69) is 0 Å². The van der Waals surface area contributed by atoms with E-state index >= 15 is 0 Å². The lowest BCUT2D eigenvalue weighted by Crippen LogP contribution is -2.34. The lowest BCUT2D eigenvalue weighted by molar-refractivity contribution is -0.123. The number of hydrogen-bond acceptors (Lipinski definition) is 4. The van der Waals surface area contributed by atoms with Crippen LogP contribution in [0.4, 0.5) is 4.79 Å². The zero-order valence-corrected chi connectivity index (χ0v) is 11.9. The monoisotopic (exact) mass is 277 g/mol. The van der Waals surface area contributed by atoms with E-state index in [4.69, 9.17) is 4.74 Å². The lowest BCUT2D eigenvalue weighted by atomic mass is 10.2. The first-order valence-electron chi connectivity index (χ1n) is 5.94. The molecule has 0 aliphatic carbocycles. The molecular formula is C14H15NO3S. The van der Waals surface area contributed by atoms with Crippen LogP contribution in [-0.4, -0.2) is 29.2 Å². The molecule has 0 N–H and O–H groups in total. The van der Waals surface area contributed by atoms with Crippen LogP contribution in [-0.2, 0) is 4.79 Å². The number of thioether (sulfide) groups is 1. The van der Waals surface area contributed by atoms with Crippen LogP contribution in [0, 0.1) is 0 Å². The molecule has 100 valence electrons. The number of hydrogen-bond donors (Lipinski definition) is 0. The normalized spacial score (nSPS) is 17.7. The molecule has 1 aliphatic heterocycles. The van der Waals surface area contributed by atoms with Crippen molar-refractivity contribution in [3.63, 3.8) is 0 Å². The molecule has 0 unspecified atom stereocenters. The number of methoxy groups -OCH3 is 1. The third kappa shape index (κ3) is 2.81. The number of rotatable bonds is 3. The first-order chi connectivity index (χ1) is 9.02. The molecule has 5 heteroatoms. The van der Waals surface area contributed by atoms with Crippen LogP contribution in [0.2, 0.25) is 0 Å². The predicted molar refractivity (Wildman–Crippen MR) is 75.9 cm³/mol. The third-order valence-electron chi connectivity index (χ3n) is 2.75. The second-order valence-electron chi connectivity index (χ2n) is 4.42. The van der Waals surface area contributed by atoms with Gasteiger partial charge in [-0.1, -0.05) is 12.1 Å². The first kappa shape index (κ1) is 13.7. The number of amides is 2. The second-order valence-corrected chi connectivity index (χ2v) is 5.41. The third-order valence-corrected chi connectivity index (χ3v) is 3.64. The molecule has 1 fully saturated rings.